The zero-order valence-electron chi connectivity index (χ0n) is 23.9. The molecule has 10 heteroatoms. The van der Waals surface area contributed by atoms with Crippen LogP contribution >= 0.6 is 0 Å². The van der Waals surface area contributed by atoms with Crippen molar-refractivity contribution in [3.05, 3.63) is 82.9 Å². The quantitative estimate of drug-likeness (QED) is 0.123. The van der Waals surface area contributed by atoms with E-state index in [0.717, 1.165) is 11.1 Å². The summed E-state index contributed by atoms with van der Waals surface area (Å²) in [5, 5.41) is 6.29. The summed E-state index contributed by atoms with van der Waals surface area (Å²) in [7, 11) is 0. The Bertz CT molecular complexity index is 1170. The van der Waals surface area contributed by atoms with Crippen LogP contribution in [0.5, 0.6) is 0 Å². The van der Waals surface area contributed by atoms with Gasteiger partial charge in [-0.3, -0.25) is 0 Å². The van der Waals surface area contributed by atoms with E-state index in [1.54, 1.807) is 33.8 Å². The lowest BCUT2D eigenvalue weighted by molar-refractivity contribution is -0.148. The number of esters is 4. The first kappa shape index (κ1) is 31.9. The van der Waals surface area contributed by atoms with Gasteiger partial charge in [0.2, 0.25) is 0 Å². The molecule has 0 aromatic heterocycles. The number of nitrogens with one attached hydrogen (secondary N) is 2. The van der Waals surface area contributed by atoms with Crippen LogP contribution in [0.1, 0.15) is 45.7 Å². The summed E-state index contributed by atoms with van der Waals surface area (Å²) in [4.78, 5) is 50.1. The molecule has 0 spiro atoms. The van der Waals surface area contributed by atoms with Crippen LogP contribution in [0.3, 0.4) is 0 Å². The summed E-state index contributed by atoms with van der Waals surface area (Å²) in [6.07, 6.45) is 8.13. The minimum absolute atomic E-state index is 0.0845. The Morgan fingerprint density at radius 3 is 1.75 bits per heavy atom. The van der Waals surface area contributed by atoms with Gasteiger partial charge < -0.3 is 29.6 Å². The van der Waals surface area contributed by atoms with E-state index in [1.807, 2.05) is 50.3 Å². The molecule has 0 bridgehead atoms. The number of benzene rings is 1. The van der Waals surface area contributed by atoms with Gasteiger partial charge in [0.05, 0.1) is 32.0 Å². The van der Waals surface area contributed by atoms with Gasteiger partial charge in [-0.25, -0.2) is 19.2 Å². The molecule has 2 N–H and O–H groups in total. The van der Waals surface area contributed by atoms with Gasteiger partial charge in [0.25, 0.3) is 0 Å². The second kappa shape index (κ2) is 15.3. The van der Waals surface area contributed by atoms with Gasteiger partial charge in [0.15, 0.2) is 11.1 Å². The fourth-order valence-corrected chi connectivity index (χ4v) is 4.11. The Hall–Kier alpha value is -4.34. The van der Waals surface area contributed by atoms with Crippen molar-refractivity contribution >= 4 is 23.9 Å². The summed E-state index contributed by atoms with van der Waals surface area (Å²) in [5.41, 5.74) is 0.806. The normalized spacial score (nSPS) is 17.4. The van der Waals surface area contributed by atoms with Gasteiger partial charge in [-0.05, 0) is 57.9 Å². The lowest BCUT2D eigenvalue weighted by atomic mass is 9.74. The summed E-state index contributed by atoms with van der Waals surface area (Å²) in [5.74, 6) is -3.44. The van der Waals surface area contributed by atoms with Crippen molar-refractivity contribution in [1.82, 2.24) is 10.6 Å². The van der Waals surface area contributed by atoms with E-state index in [-0.39, 0.29) is 43.5 Å². The Morgan fingerprint density at radius 1 is 0.800 bits per heavy atom. The number of hydrogen-bond acceptors (Lipinski definition) is 10. The van der Waals surface area contributed by atoms with Gasteiger partial charge in [-0.1, -0.05) is 37.3 Å². The van der Waals surface area contributed by atoms with E-state index in [1.165, 1.54) is 12.4 Å². The number of hydrogen-bond donors (Lipinski definition) is 2. The predicted octanol–water partition coefficient (Wildman–Crippen LogP) is 3.48. The van der Waals surface area contributed by atoms with E-state index in [0.29, 0.717) is 5.70 Å². The standard InChI is InChI=1S/C30H38N2O8/c1-7-37-26(33)23(27(34)38-8-2)18-31-22-16-15-21(6)30(17-22,25-14-12-11-13-20(25)5)32-19-24(28(35)39-9-3)29(36)40-10-4/h11-19,21,31-32H,7-10H2,1-6H3. The highest BCUT2D eigenvalue weighted by atomic mass is 16.6. The Balaban J connectivity index is 2.64. The molecular weight excluding hydrogens is 516 g/mol. The van der Waals surface area contributed by atoms with Crippen molar-refractivity contribution < 1.29 is 38.1 Å². The predicted molar refractivity (Wildman–Crippen MR) is 148 cm³/mol. The fourth-order valence-electron chi connectivity index (χ4n) is 4.11. The minimum Gasteiger partial charge on any atom is -0.462 e. The smallest absolute Gasteiger partial charge is 0.347 e. The molecule has 216 valence electrons. The van der Waals surface area contributed by atoms with Gasteiger partial charge >= 0.3 is 23.9 Å². The highest BCUT2D eigenvalue weighted by Crippen LogP contribution is 2.38. The maximum absolute atomic E-state index is 12.6. The third kappa shape index (κ3) is 7.84. The summed E-state index contributed by atoms with van der Waals surface area (Å²) < 4.78 is 20.2. The number of allylic oxidation sites excluding steroid dienone is 1. The van der Waals surface area contributed by atoms with Crippen LogP contribution in [0.25, 0.3) is 0 Å². The Labute approximate surface area is 235 Å². The number of carbonyl (C=O) groups excluding carboxylic acids is 4. The third-order valence-corrected chi connectivity index (χ3v) is 6.08. The van der Waals surface area contributed by atoms with E-state index < -0.39 is 29.4 Å². The first-order valence-electron chi connectivity index (χ1n) is 13.2. The fraction of sp³-hybridized carbons (Fsp3) is 0.400. The molecule has 1 aliphatic rings. The molecule has 1 aromatic carbocycles. The first-order valence-corrected chi connectivity index (χ1v) is 13.2. The van der Waals surface area contributed by atoms with Crippen molar-refractivity contribution in [2.45, 2.75) is 47.1 Å². The molecule has 0 saturated heterocycles. The molecule has 40 heavy (non-hydrogen) atoms. The molecule has 0 heterocycles. The summed E-state index contributed by atoms with van der Waals surface area (Å²) in [6.45, 7) is 10.8. The largest absolute Gasteiger partial charge is 0.462 e. The molecule has 0 amide bonds. The molecule has 0 radical (unpaired) electrons. The first-order chi connectivity index (χ1) is 19.1. The van der Waals surface area contributed by atoms with Crippen LogP contribution in [0.2, 0.25) is 0 Å². The molecule has 2 unspecified atom stereocenters. The third-order valence-electron chi connectivity index (χ3n) is 6.08. The topological polar surface area (TPSA) is 129 Å². The second-order valence-corrected chi connectivity index (χ2v) is 8.72. The zero-order valence-corrected chi connectivity index (χ0v) is 23.9. The maximum atomic E-state index is 12.6. The lowest BCUT2D eigenvalue weighted by Crippen LogP contribution is -2.46. The monoisotopic (exact) mass is 554 g/mol. The SMILES string of the molecule is CCOC(=O)C(=CNC1=CC(NC=C(C(=O)OCC)C(=O)OCC)(c2ccccc2C)C(C)C=C1)C(=O)OCC. The van der Waals surface area contributed by atoms with E-state index in [2.05, 4.69) is 10.6 Å². The van der Waals surface area contributed by atoms with Crippen LogP contribution in [0.15, 0.2) is 71.7 Å². The van der Waals surface area contributed by atoms with Crippen molar-refractivity contribution in [2.75, 3.05) is 26.4 Å². The van der Waals surface area contributed by atoms with E-state index >= 15 is 0 Å². The van der Waals surface area contributed by atoms with Crippen molar-refractivity contribution in [3.63, 3.8) is 0 Å². The van der Waals surface area contributed by atoms with Gasteiger partial charge in [-0.15, -0.1) is 0 Å². The Morgan fingerprint density at radius 2 is 1.27 bits per heavy atom. The molecule has 10 nitrogen and oxygen atoms in total. The summed E-state index contributed by atoms with van der Waals surface area (Å²) >= 11 is 0. The maximum Gasteiger partial charge on any atom is 0.347 e. The number of carbonyl (C=O) groups is 4. The van der Waals surface area contributed by atoms with Crippen LogP contribution in [-0.2, 0) is 43.7 Å². The molecule has 0 fully saturated rings. The van der Waals surface area contributed by atoms with Crippen LogP contribution in [0, 0.1) is 12.8 Å². The van der Waals surface area contributed by atoms with Gasteiger partial charge in [0.1, 0.15) is 0 Å². The number of aryl methyl sites for hydroxylation is 1. The molecule has 0 aliphatic heterocycles. The number of rotatable bonds is 13. The average molecular weight is 555 g/mol. The van der Waals surface area contributed by atoms with Gasteiger partial charge in [-0.2, -0.15) is 0 Å². The van der Waals surface area contributed by atoms with E-state index in [4.69, 9.17) is 18.9 Å². The minimum atomic E-state index is -0.964. The van der Waals surface area contributed by atoms with Crippen molar-refractivity contribution in [1.29, 1.82) is 0 Å². The van der Waals surface area contributed by atoms with E-state index in [9.17, 15) is 19.2 Å². The number of ether oxygens (including phenoxy) is 4. The average Bonchev–Trinajstić information content (AvgIpc) is 2.91. The van der Waals surface area contributed by atoms with Gasteiger partial charge in [0, 0.05) is 24.0 Å². The molecular formula is C30H38N2O8. The van der Waals surface area contributed by atoms with Crippen LogP contribution < -0.4 is 10.6 Å². The molecule has 1 aliphatic carbocycles. The molecule has 0 saturated carbocycles. The highest BCUT2D eigenvalue weighted by molar-refractivity contribution is 6.14. The van der Waals surface area contributed by atoms with Crippen molar-refractivity contribution in [3.8, 4) is 0 Å². The Kier molecular flexibility index (Phi) is 12.2. The van der Waals surface area contributed by atoms with Crippen LogP contribution in [-0.4, -0.2) is 50.3 Å². The summed E-state index contributed by atoms with van der Waals surface area (Å²) in [6, 6.07) is 7.68. The molecule has 2 rings (SSSR count). The highest BCUT2D eigenvalue weighted by Gasteiger charge is 2.38. The van der Waals surface area contributed by atoms with Crippen LogP contribution in [0.4, 0.5) is 0 Å². The zero-order chi connectivity index (χ0) is 29.7. The lowest BCUT2D eigenvalue weighted by Gasteiger charge is -2.40. The molecule has 1 aromatic rings. The molecule has 2 atom stereocenters. The van der Waals surface area contributed by atoms with Crippen molar-refractivity contribution in [2.24, 2.45) is 5.92 Å². The second-order valence-electron chi connectivity index (χ2n) is 8.72.